The molecule has 1 aromatic heterocycles. The number of amides is 1. The zero-order chi connectivity index (χ0) is 11.5. The highest BCUT2D eigenvalue weighted by Gasteiger charge is 2.09. The van der Waals surface area contributed by atoms with Gasteiger partial charge in [-0.15, -0.1) is 0 Å². The van der Waals surface area contributed by atoms with E-state index in [-0.39, 0.29) is 18.1 Å². The van der Waals surface area contributed by atoms with Crippen LogP contribution in [0.3, 0.4) is 0 Å². The van der Waals surface area contributed by atoms with Crippen molar-refractivity contribution in [3.05, 3.63) is 30.5 Å². The van der Waals surface area contributed by atoms with E-state index in [0.717, 1.165) is 5.39 Å². The summed E-state index contributed by atoms with van der Waals surface area (Å²) in [4.78, 5) is 22.2. The first-order valence-electron chi connectivity index (χ1n) is 4.92. The average Bonchev–Trinajstić information content (AvgIpc) is 2.61. The Kier molecular flexibility index (Phi) is 2.72. The largest absolute Gasteiger partial charge is 0.462 e. The van der Waals surface area contributed by atoms with E-state index in [0.29, 0.717) is 11.3 Å². The second-order valence-corrected chi connectivity index (χ2v) is 3.57. The summed E-state index contributed by atoms with van der Waals surface area (Å²) in [6.07, 6.45) is 1.36. The number of Topliss-reactive ketones (excluding diaryl/α,β-unsaturated/α-hetero) is 1. The van der Waals surface area contributed by atoms with Gasteiger partial charge in [-0.05, 0) is 19.1 Å². The van der Waals surface area contributed by atoms with Gasteiger partial charge in [0, 0.05) is 5.39 Å². The van der Waals surface area contributed by atoms with Crippen molar-refractivity contribution in [3.63, 3.8) is 0 Å². The smallest absolute Gasteiger partial charge is 0.231 e. The van der Waals surface area contributed by atoms with E-state index in [1.165, 1.54) is 13.2 Å². The Hall–Kier alpha value is -2.10. The van der Waals surface area contributed by atoms with Crippen molar-refractivity contribution < 1.29 is 14.0 Å². The fourth-order valence-electron chi connectivity index (χ4n) is 1.50. The van der Waals surface area contributed by atoms with Crippen molar-refractivity contribution in [3.8, 4) is 0 Å². The van der Waals surface area contributed by atoms with E-state index in [9.17, 15) is 9.59 Å². The summed E-state index contributed by atoms with van der Waals surface area (Å²) in [6, 6.07) is 7.38. The van der Waals surface area contributed by atoms with Crippen molar-refractivity contribution in [2.75, 3.05) is 5.32 Å². The quantitative estimate of drug-likeness (QED) is 0.803. The molecule has 0 unspecified atom stereocenters. The minimum absolute atomic E-state index is 0.112. The van der Waals surface area contributed by atoms with Crippen LogP contribution in [-0.4, -0.2) is 11.7 Å². The first-order valence-corrected chi connectivity index (χ1v) is 4.92. The van der Waals surface area contributed by atoms with Gasteiger partial charge in [-0.2, -0.15) is 0 Å². The Bertz CT molecular complexity index is 542. The molecule has 0 aliphatic carbocycles. The highest BCUT2D eigenvalue weighted by atomic mass is 16.3. The predicted octanol–water partition coefficient (Wildman–Crippen LogP) is 2.35. The molecule has 2 rings (SSSR count). The molecule has 4 nitrogen and oxygen atoms in total. The maximum absolute atomic E-state index is 11.4. The molecule has 0 saturated carbocycles. The van der Waals surface area contributed by atoms with Gasteiger partial charge in [0.1, 0.15) is 17.6 Å². The summed E-state index contributed by atoms with van der Waals surface area (Å²) in [5, 5.41) is 3.48. The monoisotopic (exact) mass is 217 g/mol. The lowest BCUT2D eigenvalue weighted by Crippen LogP contribution is -2.14. The average molecular weight is 217 g/mol. The van der Waals surface area contributed by atoms with E-state index >= 15 is 0 Å². The first kappa shape index (κ1) is 10.4. The van der Waals surface area contributed by atoms with Crippen molar-refractivity contribution in [1.29, 1.82) is 0 Å². The number of ketones is 1. The minimum atomic E-state index is -0.320. The van der Waals surface area contributed by atoms with Gasteiger partial charge < -0.3 is 9.73 Å². The summed E-state index contributed by atoms with van der Waals surface area (Å²) in [5.41, 5.74) is 1.31. The van der Waals surface area contributed by atoms with Crippen LogP contribution in [-0.2, 0) is 9.59 Å². The van der Waals surface area contributed by atoms with Crippen LogP contribution < -0.4 is 5.32 Å². The lowest BCUT2D eigenvalue weighted by Gasteiger charge is -2.00. The number of nitrogens with one attached hydrogen (secondary N) is 1. The highest BCUT2D eigenvalue weighted by Crippen LogP contribution is 2.25. The molecular formula is C12H11NO3. The fourth-order valence-corrected chi connectivity index (χ4v) is 1.50. The molecular weight excluding hydrogens is 206 g/mol. The van der Waals surface area contributed by atoms with E-state index in [4.69, 9.17) is 4.42 Å². The molecule has 0 saturated heterocycles. The third-order valence-corrected chi connectivity index (χ3v) is 2.16. The molecule has 0 spiro atoms. The molecule has 1 N–H and O–H groups in total. The molecule has 0 aliphatic heterocycles. The molecule has 0 fully saturated rings. The maximum Gasteiger partial charge on any atom is 0.231 e. The van der Waals surface area contributed by atoms with Gasteiger partial charge in [-0.3, -0.25) is 9.59 Å². The number of carbonyl (C=O) groups is 2. The Morgan fingerprint density at radius 3 is 2.81 bits per heavy atom. The summed E-state index contributed by atoms with van der Waals surface area (Å²) in [6.45, 7) is 1.38. The molecule has 2 aromatic rings. The SMILES string of the molecule is CC(=O)CC(=O)Nc1coc2ccccc12. The second-order valence-electron chi connectivity index (χ2n) is 3.57. The molecule has 82 valence electrons. The Balaban J connectivity index is 2.21. The predicted molar refractivity (Wildman–Crippen MR) is 60.1 cm³/mol. The van der Waals surface area contributed by atoms with Crippen LogP contribution in [0.25, 0.3) is 11.0 Å². The summed E-state index contributed by atoms with van der Waals surface area (Å²) < 4.78 is 5.26. The second kappa shape index (κ2) is 4.18. The van der Waals surface area contributed by atoms with Crippen LogP contribution in [0.15, 0.2) is 34.9 Å². The minimum Gasteiger partial charge on any atom is -0.462 e. The van der Waals surface area contributed by atoms with Gasteiger partial charge in [0.25, 0.3) is 0 Å². The lowest BCUT2D eigenvalue weighted by atomic mass is 10.2. The van der Waals surface area contributed by atoms with Crippen molar-refractivity contribution >= 4 is 28.3 Å². The molecule has 0 aliphatic rings. The number of hydrogen-bond donors (Lipinski definition) is 1. The van der Waals surface area contributed by atoms with E-state index < -0.39 is 0 Å². The van der Waals surface area contributed by atoms with Gasteiger partial charge in [-0.25, -0.2) is 0 Å². The number of para-hydroxylation sites is 1. The third kappa shape index (κ3) is 2.11. The summed E-state index contributed by atoms with van der Waals surface area (Å²) in [7, 11) is 0. The highest BCUT2D eigenvalue weighted by molar-refractivity contribution is 6.07. The summed E-state index contributed by atoms with van der Waals surface area (Å²) >= 11 is 0. The number of rotatable bonds is 3. The Morgan fingerprint density at radius 1 is 1.31 bits per heavy atom. The molecule has 1 aromatic carbocycles. The topological polar surface area (TPSA) is 59.3 Å². The van der Waals surface area contributed by atoms with Gasteiger partial charge in [0.2, 0.25) is 5.91 Å². The van der Waals surface area contributed by atoms with Gasteiger partial charge in [0.05, 0.1) is 12.1 Å². The van der Waals surface area contributed by atoms with Gasteiger partial charge in [0.15, 0.2) is 0 Å². The number of benzene rings is 1. The number of furan rings is 1. The molecule has 4 heteroatoms. The zero-order valence-electron chi connectivity index (χ0n) is 8.82. The Morgan fingerprint density at radius 2 is 2.06 bits per heavy atom. The molecule has 16 heavy (non-hydrogen) atoms. The third-order valence-electron chi connectivity index (χ3n) is 2.16. The van der Waals surface area contributed by atoms with E-state index in [2.05, 4.69) is 5.32 Å². The standard InChI is InChI=1S/C12H11NO3/c1-8(14)6-12(15)13-10-7-16-11-5-3-2-4-9(10)11/h2-5,7H,6H2,1H3,(H,13,15). The molecule has 1 heterocycles. The number of hydrogen-bond acceptors (Lipinski definition) is 3. The first-order chi connectivity index (χ1) is 7.66. The van der Waals surface area contributed by atoms with Gasteiger partial charge >= 0.3 is 0 Å². The molecule has 0 radical (unpaired) electrons. The number of carbonyl (C=O) groups excluding carboxylic acids is 2. The molecule has 1 amide bonds. The van der Waals surface area contributed by atoms with E-state index in [1.54, 1.807) is 0 Å². The lowest BCUT2D eigenvalue weighted by molar-refractivity contribution is -0.124. The zero-order valence-corrected chi connectivity index (χ0v) is 8.82. The van der Waals surface area contributed by atoms with Crippen molar-refractivity contribution in [1.82, 2.24) is 0 Å². The van der Waals surface area contributed by atoms with Crippen molar-refractivity contribution in [2.45, 2.75) is 13.3 Å². The van der Waals surface area contributed by atoms with Crippen LogP contribution in [0.4, 0.5) is 5.69 Å². The normalized spacial score (nSPS) is 10.3. The van der Waals surface area contributed by atoms with Crippen LogP contribution in [0.5, 0.6) is 0 Å². The van der Waals surface area contributed by atoms with Crippen LogP contribution in [0.2, 0.25) is 0 Å². The van der Waals surface area contributed by atoms with Crippen LogP contribution >= 0.6 is 0 Å². The fraction of sp³-hybridized carbons (Fsp3) is 0.167. The number of anilines is 1. The van der Waals surface area contributed by atoms with Crippen molar-refractivity contribution in [2.24, 2.45) is 0 Å². The van der Waals surface area contributed by atoms with Crippen LogP contribution in [0.1, 0.15) is 13.3 Å². The van der Waals surface area contributed by atoms with Gasteiger partial charge in [-0.1, -0.05) is 12.1 Å². The molecule has 0 atom stereocenters. The maximum atomic E-state index is 11.4. The summed E-state index contributed by atoms with van der Waals surface area (Å²) in [5.74, 6) is -0.482. The van der Waals surface area contributed by atoms with Crippen LogP contribution in [0, 0.1) is 0 Å². The molecule has 0 bridgehead atoms. The van der Waals surface area contributed by atoms with E-state index in [1.807, 2.05) is 24.3 Å². The Labute approximate surface area is 92.2 Å². The number of fused-ring (bicyclic) bond motifs is 1.